The monoisotopic (exact) mass is 399 g/mol. The van der Waals surface area contributed by atoms with Crippen molar-refractivity contribution >= 4 is 21.5 Å². The van der Waals surface area contributed by atoms with Crippen LogP contribution in [0.1, 0.15) is 5.56 Å². The fraction of sp³-hybridized carbons (Fsp3) is 0.143. The van der Waals surface area contributed by atoms with E-state index >= 15 is 0 Å². The SMILES string of the molecule is CS(=O)(=O)c1c(C(F)(F)F)ccc(-c2cc(N)nc(N)c2)c1-c1nnn[nH]1. The molecule has 0 spiro atoms. The van der Waals surface area contributed by atoms with Crippen LogP contribution in [0.15, 0.2) is 29.2 Å². The standard InChI is InChI=1S/C14H12F3N7O2S/c1-27(25,26)12-8(14(15,16)17)3-2-7(11(12)13-21-23-24-22-13)6-4-9(18)20-10(19)5-6/h2-5H,1H3,(H4,18,19,20)(H,21,22,23,24). The molecule has 0 saturated carbocycles. The molecule has 27 heavy (non-hydrogen) atoms. The Kier molecular flexibility index (Phi) is 4.26. The maximum atomic E-state index is 13.5. The number of tetrazole rings is 1. The normalized spacial score (nSPS) is 12.3. The van der Waals surface area contributed by atoms with Gasteiger partial charge in [-0.2, -0.15) is 13.2 Å². The van der Waals surface area contributed by atoms with E-state index in [-0.39, 0.29) is 34.2 Å². The molecule has 0 amide bonds. The molecule has 3 aromatic rings. The van der Waals surface area contributed by atoms with E-state index in [1.54, 1.807) is 0 Å². The first-order valence-corrected chi connectivity index (χ1v) is 9.09. The molecule has 0 bridgehead atoms. The lowest BCUT2D eigenvalue weighted by atomic mass is 9.97. The number of nitrogens with one attached hydrogen (secondary N) is 1. The summed E-state index contributed by atoms with van der Waals surface area (Å²) < 4.78 is 65.0. The lowest BCUT2D eigenvalue weighted by molar-refractivity contribution is -0.139. The Bertz CT molecular complexity index is 1090. The molecule has 3 rings (SSSR count). The first-order valence-electron chi connectivity index (χ1n) is 7.20. The molecule has 0 fully saturated rings. The second-order valence-electron chi connectivity index (χ2n) is 5.59. The highest BCUT2D eigenvalue weighted by atomic mass is 32.2. The molecule has 2 heterocycles. The zero-order valence-corrected chi connectivity index (χ0v) is 14.4. The number of nitrogens with two attached hydrogens (primary N) is 2. The van der Waals surface area contributed by atoms with Crippen LogP contribution in [-0.4, -0.2) is 40.3 Å². The molecule has 0 aliphatic rings. The first-order chi connectivity index (χ1) is 12.5. The number of H-pyrrole nitrogens is 1. The molecule has 0 radical (unpaired) electrons. The van der Waals surface area contributed by atoms with Crippen molar-refractivity contribution in [3.63, 3.8) is 0 Å². The summed E-state index contributed by atoms with van der Waals surface area (Å²) in [5.74, 6) is -0.245. The smallest absolute Gasteiger partial charge is 0.384 e. The summed E-state index contributed by atoms with van der Waals surface area (Å²) >= 11 is 0. The van der Waals surface area contributed by atoms with E-state index in [0.29, 0.717) is 12.3 Å². The van der Waals surface area contributed by atoms with Gasteiger partial charge in [-0.25, -0.2) is 18.5 Å². The van der Waals surface area contributed by atoms with Crippen molar-refractivity contribution in [2.45, 2.75) is 11.1 Å². The van der Waals surface area contributed by atoms with Crippen molar-refractivity contribution < 1.29 is 21.6 Å². The minimum Gasteiger partial charge on any atom is -0.384 e. The summed E-state index contributed by atoms with van der Waals surface area (Å²) in [5.41, 5.74) is 9.96. The number of anilines is 2. The summed E-state index contributed by atoms with van der Waals surface area (Å²) in [6.07, 6.45) is -4.25. The molecule has 2 aromatic heterocycles. The topological polar surface area (TPSA) is 154 Å². The summed E-state index contributed by atoms with van der Waals surface area (Å²) in [7, 11) is -4.34. The summed E-state index contributed by atoms with van der Waals surface area (Å²) in [4.78, 5) is 2.83. The van der Waals surface area contributed by atoms with Gasteiger partial charge in [0.15, 0.2) is 15.7 Å². The Morgan fingerprint density at radius 3 is 2.22 bits per heavy atom. The number of aromatic nitrogens is 5. The Hall–Kier alpha value is -3.22. The van der Waals surface area contributed by atoms with Crippen LogP contribution in [0.2, 0.25) is 0 Å². The average Bonchev–Trinajstić information content (AvgIpc) is 3.04. The minimum atomic E-state index is -4.92. The van der Waals surface area contributed by atoms with Crippen molar-refractivity contribution in [2.24, 2.45) is 0 Å². The van der Waals surface area contributed by atoms with E-state index in [4.69, 9.17) is 11.5 Å². The maximum absolute atomic E-state index is 13.5. The predicted octanol–water partition coefficient (Wildman–Crippen LogP) is 1.52. The van der Waals surface area contributed by atoms with E-state index in [0.717, 1.165) is 6.07 Å². The van der Waals surface area contributed by atoms with Crippen molar-refractivity contribution in [3.8, 4) is 22.5 Å². The highest BCUT2D eigenvalue weighted by Gasteiger charge is 2.39. The Labute approximate surface area is 150 Å². The number of hydrogen-bond donors (Lipinski definition) is 3. The van der Waals surface area contributed by atoms with Gasteiger partial charge in [0.25, 0.3) is 0 Å². The fourth-order valence-corrected chi connectivity index (χ4v) is 3.82. The molecule has 5 N–H and O–H groups in total. The molecular weight excluding hydrogens is 387 g/mol. The molecule has 0 aliphatic heterocycles. The number of sulfone groups is 1. The number of rotatable bonds is 3. The van der Waals surface area contributed by atoms with Crippen molar-refractivity contribution in [1.82, 2.24) is 25.6 Å². The number of halogens is 3. The highest BCUT2D eigenvalue weighted by molar-refractivity contribution is 7.91. The van der Waals surface area contributed by atoms with Gasteiger partial charge in [0.2, 0.25) is 0 Å². The van der Waals surface area contributed by atoms with Crippen molar-refractivity contribution in [1.29, 1.82) is 0 Å². The van der Waals surface area contributed by atoms with E-state index < -0.39 is 26.5 Å². The number of benzene rings is 1. The summed E-state index contributed by atoms with van der Waals surface area (Å²) in [6, 6.07) is 4.46. The lowest BCUT2D eigenvalue weighted by Crippen LogP contribution is -2.15. The molecule has 13 heteroatoms. The third-order valence-corrected chi connectivity index (χ3v) is 4.76. The molecular formula is C14H12F3N7O2S. The number of alkyl halides is 3. The second-order valence-corrected chi connectivity index (χ2v) is 7.54. The number of pyridine rings is 1. The van der Waals surface area contributed by atoms with Gasteiger partial charge in [0, 0.05) is 11.8 Å². The second kappa shape index (κ2) is 6.19. The minimum absolute atomic E-state index is 0.00690. The van der Waals surface area contributed by atoms with Gasteiger partial charge < -0.3 is 11.5 Å². The molecule has 0 atom stereocenters. The molecule has 1 aromatic carbocycles. The highest BCUT2D eigenvalue weighted by Crippen LogP contribution is 2.43. The van der Waals surface area contributed by atoms with Gasteiger partial charge in [-0.3, -0.25) is 0 Å². The molecule has 9 nitrogen and oxygen atoms in total. The molecule has 0 unspecified atom stereocenters. The third-order valence-electron chi connectivity index (χ3n) is 3.59. The van der Waals surface area contributed by atoms with Crippen LogP contribution in [0.5, 0.6) is 0 Å². The van der Waals surface area contributed by atoms with Crippen LogP contribution in [-0.2, 0) is 16.0 Å². The number of hydrogen-bond acceptors (Lipinski definition) is 8. The number of nitrogens with zero attached hydrogens (tertiary/aromatic N) is 4. The fourth-order valence-electron chi connectivity index (χ4n) is 2.66. The average molecular weight is 399 g/mol. The van der Waals surface area contributed by atoms with Gasteiger partial charge in [0.05, 0.1) is 10.5 Å². The zero-order valence-electron chi connectivity index (χ0n) is 13.6. The maximum Gasteiger partial charge on any atom is 0.417 e. The van der Waals surface area contributed by atoms with Gasteiger partial charge in [-0.1, -0.05) is 6.07 Å². The Morgan fingerprint density at radius 2 is 1.74 bits per heavy atom. The van der Waals surface area contributed by atoms with Gasteiger partial charge in [0.1, 0.15) is 11.6 Å². The number of aromatic amines is 1. The molecule has 142 valence electrons. The summed E-state index contributed by atoms with van der Waals surface area (Å²) in [5, 5.41) is 12.5. The van der Waals surface area contributed by atoms with Crippen LogP contribution < -0.4 is 11.5 Å². The Morgan fingerprint density at radius 1 is 1.11 bits per heavy atom. The van der Waals surface area contributed by atoms with Gasteiger partial charge >= 0.3 is 6.18 Å². The van der Waals surface area contributed by atoms with Crippen LogP contribution in [0.4, 0.5) is 24.8 Å². The van der Waals surface area contributed by atoms with Gasteiger partial charge in [-0.15, -0.1) is 5.10 Å². The van der Waals surface area contributed by atoms with Gasteiger partial charge in [-0.05, 0) is 39.8 Å². The van der Waals surface area contributed by atoms with Crippen LogP contribution in [0.3, 0.4) is 0 Å². The third kappa shape index (κ3) is 3.53. The largest absolute Gasteiger partial charge is 0.417 e. The van der Waals surface area contributed by atoms with E-state index in [1.165, 1.54) is 12.1 Å². The first kappa shape index (κ1) is 18.6. The lowest BCUT2D eigenvalue weighted by Gasteiger charge is -2.18. The number of nitrogen functional groups attached to an aromatic ring is 2. The quantitative estimate of drug-likeness (QED) is 0.599. The van der Waals surface area contributed by atoms with E-state index in [2.05, 4.69) is 25.6 Å². The van der Waals surface area contributed by atoms with Crippen LogP contribution in [0, 0.1) is 0 Å². The molecule has 0 saturated heterocycles. The van der Waals surface area contributed by atoms with Crippen LogP contribution in [0.25, 0.3) is 22.5 Å². The molecule has 0 aliphatic carbocycles. The van der Waals surface area contributed by atoms with Crippen molar-refractivity contribution in [3.05, 3.63) is 29.8 Å². The Balaban J connectivity index is 2.50. The zero-order chi connectivity index (χ0) is 20.0. The van der Waals surface area contributed by atoms with Crippen molar-refractivity contribution in [2.75, 3.05) is 17.7 Å². The predicted molar refractivity (Wildman–Crippen MR) is 89.8 cm³/mol. The summed E-state index contributed by atoms with van der Waals surface area (Å²) in [6.45, 7) is 0. The van der Waals surface area contributed by atoms with Crippen LogP contribution >= 0.6 is 0 Å². The van der Waals surface area contributed by atoms with E-state index in [9.17, 15) is 21.6 Å². The van der Waals surface area contributed by atoms with E-state index in [1.807, 2.05) is 0 Å².